The van der Waals surface area contributed by atoms with Gasteiger partial charge in [-0.1, -0.05) is 35.9 Å². The number of hydrogen-bond acceptors (Lipinski definition) is 4. The summed E-state index contributed by atoms with van der Waals surface area (Å²) in [5.74, 6) is 0.273. The number of rotatable bonds is 9. The summed E-state index contributed by atoms with van der Waals surface area (Å²) in [5.41, 5.74) is 1.94. The van der Waals surface area contributed by atoms with Crippen LogP contribution in [0.1, 0.15) is 16.9 Å². The molecule has 0 fully saturated rings. The summed E-state index contributed by atoms with van der Waals surface area (Å²) in [5, 5.41) is 2.72. The molecule has 0 saturated carbocycles. The lowest BCUT2D eigenvalue weighted by molar-refractivity contribution is -0.123. The highest BCUT2D eigenvalue weighted by atomic mass is 35.5. The number of carbonyl (C=O) groups is 1. The Morgan fingerprint density at radius 3 is 2.71 bits per heavy atom. The number of amides is 1. The molecule has 0 radical (unpaired) electrons. The molecule has 3 rings (SSSR count). The summed E-state index contributed by atoms with van der Waals surface area (Å²) in [6.45, 7) is 1.02. The van der Waals surface area contributed by atoms with Crippen LogP contribution in [0, 0.1) is 5.82 Å². The van der Waals surface area contributed by atoms with E-state index in [2.05, 4.69) is 5.32 Å². The number of furan rings is 1. The minimum atomic E-state index is -0.536. The summed E-state index contributed by atoms with van der Waals surface area (Å²) < 4.78 is 29.2. The van der Waals surface area contributed by atoms with Crippen molar-refractivity contribution in [1.82, 2.24) is 5.32 Å². The first kappa shape index (κ1) is 19.9. The monoisotopic (exact) mass is 403 g/mol. The van der Waals surface area contributed by atoms with Crippen molar-refractivity contribution in [2.75, 3.05) is 6.61 Å². The van der Waals surface area contributed by atoms with Crippen LogP contribution >= 0.6 is 11.6 Å². The predicted molar refractivity (Wildman–Crippen MR) is 102 cm³/mol. The lowest BCUT2D eigenvalue weighted by atomic mass is 10.1. The Balaban J connectivity index is 1.42. The van der Waals surface area contributed by atoms with Gasteiger partial charge >= 0.3 is 0 Å². The molecule has 0 aliphatic rings. The van der Waals surface area contributed by atoms with Crippen molar-refractivity contribution in [2.24, 2.45) is 0 Å². The number of ether oxygens (including phenoxy) is 2. The van der Waals surface area contributed by atoms with Crippen molar-refractivity contribution in [2.45, 2.75) is 19.8 Å². The Kier molecular flexibility index (Phi) is 7.06. The first-order chi connectivity index (χ1) is 13.6. The van der Waals surface area contributed by atoms with E-state index in [4.69, 9.17) is 25.5 Å². The van der Waals surface area contributed by atoms with Gasteiger partial charge in [0, 0.05) is 12.6 Å². The van der Waals surface area contributed by atoms with Crippen LogP contribution in [-0.4, -0.2) is 12.5 Å². The lowest BCUT2D eigenvalue weighted by Crippen LogP contribution is -2.28. The fourth-order valence-electron chi connectivity index (χ4n) is 2.46. The SMILES string of the molecule is O=C(COc1ccc(F)c(Cl)c1)NCc1cccc(COCc2ccco2)c1. The van der Waals surface area contributed by atoms with Gasteiger partial charge in [0.2, 0.25) is 0 Å². The molecular weight excluding hydrogens is 385 g/mol. The van der Waals surface area contributed by atoms with Gasteiger partial charge in [-0.3, -0.25) is 4.79 Å². The second-order valence-electron chi connectivity index (χ2n) is 6.03. The average Bonchev–Trinajstić information content (AvgIpc) is 3.21. The molecule has 0 bridgehead atoms. The summed E-state index contributed by atoms with van der Waals surface area (Å²) in [7, 11) is 0. The number of nitrogens with one attached hydrogen (secondary N) is 1. The van der Waals surface area contributed by atoms with E-state index in [-0.39, 0.29) is 17.5 Å². The summed E-state index contributed by atoms with van der Waals surface area (Å²) >= 11 is 5.68. The fourth-order valence-corrected chi connectivity index (χ4v) is 2.63. The van der Waals surface area contributed by atoms with Crippen LogP contribution in [0.4, 0.5) is 4.39 Å². The number of hydrogen-bond donors (Lipinski definition) is 1. The Morgan fingerprint density at radius 1 is 1.07 bits per heavy atom. The smallest absolute Gasteiger partial charge is 0.258 e. The van der Waals surface area contributed by atoms with Crippen molar-refractivity contribution in [1.29, 1.82) is 0 Å². The summed E-state index contributed by atoms with van der Waals surface area (Å²) in [4.78, 5) is 12.0. The normalized spacial score (nSPS) is 10.6. The predicted octanol–water partition coefficient (Wildman–Crippen LogP) is 4.48. The van der Waals surface area contributed by atoms with Gasteiger partial charge < -0.3 is 19.2 Å². The van der Waals surface area contributed by atoms with Gasteiger partial charge in [0.25, 0.3) is 5.91 Å². The third kappa shape index (κ3) is 6.11. The maximum Gasteiger partial charge on any atom is 0.258 e. The van der Waals surface area contributed by atoms with E-state index in [9.17, 15) is 9.18 Å². The van der Waals surface area contributed by atoms with Gasteiger partial charge in [0.05, 0.1) is 17.9 Å². The van der Waals surface area contributed by atoms with Crippen LogP contribution < -0.4 is 10.1 Å². The minimum absolute atomic E-state index is 0.0519. The Morgan fingerprint density at radius 2 is 1.93 bits per heavy atom. The second-order valence-corrected chi connectivity index (χ2v) is 6.44. The van der Waals surface area contributed by atoms with Gasteiger partial charge in [-0.05, 0) is 35.4 Å². The van der Waals surface area contributed by atoms with Crippen molar-refractivity contribution in [3.8, 4) is 5.75 Å². The molecule has 5 nitrogen and oxygen atoms in total. The standard InChI is InChI=1S/C21H19ClFNO4/c22-19-10-17(6-7-20(19)23)28-14-21(25)24-11-15-3-1-4-16(9-15)12-26-13-18-5-2-8-27-18/h1-10H,11-14H2,(H,24,25). The topological polar surface area (TPSA) is 60.7 Å². The first-order valence-electron chi connectivity index (χ1n) is 8.62. The molecule has 0 aliphatic heterocycles. The molecular formula is C21H19ClFNO4. The van der Waals surface area contributed by atoms with E-state index in [1.54, 1.807) is 6.26 Å². The van der Waals surface area contributed by atoms with Crippen LogP contribution in [0.25, 0.3) is 0 Å². The molecule has 0 saturated heterocycles. The van der Waals surface area contributed by atoms with Crippen molar-refractivity contribution in [3.63, 3.8) is 0 Å². The average molecular weight is 404 g/mol. The highest BCUT2D eigenvalue weighted by molar-refractivity contribution is 6.30. The van der Waals surface area contributed by atoms with Crippen LogP contribution in [-0.2, 0) is 29.3 Å². The molecule has 0 aliphatic carbocycles. The van der Waals surface area contributed by atoms with E-state index in [1.807, 2.05) is 36.4 Å². The van der Waals surface area contributed by atoms with Crippen LogP contribution in [0.3, 0.4) is 0 Å². The molecule has 1 heterocycles. The maximum absolute atomic E-state index is 13.1. The Hall–Kier alpha value is -2.83. The van der Waals surface area contributed by atoms with E-state index in [1.165, 1.54) is 18.2 Å². The second kappa shape index (κ2) is 9.92. The molecule has 0 spiro atoms. The summed E-state index contributed by atoms with van der Waals surface area (Å²) in [6, 6.07) is 15.3. The molecule has 1 aromatic heterocycles. The van der Waals surface area contributed by atoms with E-state index in [0.717, 1.165) is 16.9 Å². The molecule has 0 atom stereocenters. The number of halogens is 2. The van der Waals surface area contributed by atoms with Crippen LogP contribution in [0.15, 0.2) is 65.3 Å². The Bertz CT molecular complexity index is 915. The van der Waals surface area contributed by atoms with Gasteiger partial charge in [0.15, 0.2) is 6.61 Å². The molecule has 2 aromatic carbocycles. The van der Waals surface area contributed by atoms with Gasteiger partial charge in [-0.25, -0.2) is 4.39 Å². The zero-order valence-corrected chi connectivity index (χ0v) is 15.7. The molecule has 3 aromatic rings. The van der Waals surface area contributed by atoms with E-state index < -0.39 is 5.82 Å². The summed E-state index contributed by atoms with van der Waals surface area (Å²) in [6.07, 6.45) is 1.61. The molecule has 1 amide bonds. The van der Waals surface area contributed by atoms with Crippen molar-refractivity contribution >= 4 is 17.5 Å². The third-order valence-corrected chi connectivity index (χ3v) is 4.12. The zero-order chi connectivity index (χ0) is 19.8. The maximum atomic E-state index is 13.1. The van der Waals surface area contributed by atoms with Gasteiger partial charge in [0.1, 0.15) is 23.9 Å². The molecule has 0 unspecified atom stereocenters. The highest BCUT2D eigenvalue weighted by Gasteiger charge is 2.06. The molecule has 1 N–H and O–H groups in total. The third-order valence-electron chi connectivity index (χ3n) is 3.84. The number of benzene rings is 2. The largest absolute Gasteiger partial charge is 0.484 e. The van der Waals surface area contributed by atoms with Crippen molar-refractivity contribution in [3.05, 3.63) is 88.6 Å². The van der Waals surface area contributed by atoms with Crippen molar-refractivity contribution < 1.29 is 23.1 Å². The molecule has 7 heteroatoms. The molecule has 146 valence electrons. The number of carbonyl (C=O) groups excluding carboxylic acids is 1. The van der Waals surface area contributed by atoms with Crippen LogP contribution in [0.2, 0.25) is 5.02 Å². The van der Waals surface area contributed by atoms with Gasteiger partial charge in [-0.15, -0.1) is 0 Å². The Labute approximate surface area is 167 Å². The van der Waals surface area contributed by atoms with Gasteiger partial charge in [-0.2, -0.15) is 0 Å². The fraction of sp³-hybridized carbons (Fsp3) is 0.190. The lowest BCUT2D eigenvalue weighted by Gasteiger charge is -2.09. The van der Waals surface area contributed by atoms with E-state index >= 15 is 0 Å². The quantitative estimate of drug-likeness (QED) is 0.572. The molecule has 28 heavy (non-hydrogen) atoms. The first-order valence-corrected chi connectivity index (χ1v) is 9.00. The highest BCUT2D eigenvalue weighted by Crippen LogP contribution is 2.20. The van der Waals surface area contributed by atoms with Crippen LogP contribution in [0.5, 0.6) is 5.75 Å². The zero-order valence-electron chi connectivity index (χ0n) is 15.0. The minimum Gasteiger partial charge on any atom is -0.484 e. The van der Waals surface area contributed by atoms with E-state index in [0.29, 0.717) is 25.5 Å².